The van der Waals surface area contributed by atoms with E-state index in [0.717, 1.165) is 19.5 Å². The van der Waals surface area contributed by atoms with Gasteiger partial charge < -0.3 is 10.6 Å². The number of halogens is 4. The quantitative estimate of drug-likeness (QED) is 0.823. The minimum Gasteiger partial charge on any atom is -0.349 e. The monoisotopic (exact) mass is 308 g/mol. The third kappa shape index (κ3) is 3.64. The highest BCUT2D eigenvalue weighted by Crippen LogP contribution is 2.15. The molecule has 0 bridgehead atoms. The largest absolute Gasteiger partial charge is 0.349 e. The zero-order valence-corrected chi connectivity index (χ0v) is 11.7. The van der Waals surface area contributed by atoms with E-state index in [2.05, 4.69) is 10.6 Å². The fourth-order valence-corrected chi connectivity index (χ4v) is 2.17. The molecule has 1 amide bonds. The van der Waals surface area contributed by atoms with E-state index in [1.807, 2.05) is 6.92 Å². The van der Waals surface area contributed by atoms with Gasteiger partial charge >= 0.3 is 0 Å². The second-order valence-corrected chi connectivity index (χ2v) is 4.80. The van der Waals surface area contributed by atoms with Gasteiger partial charge in [-0.15, -0.1) is 12.4 Å². The predicted octanol–water partition coefficient (Wildman–Crippen LogP) is 2.25. The van der Waals surface area contributed by atoms with Crippen molar-refractivity contribution in [3.63, 3.8) is 0 Å². The summed E-state index contributed by atoms with van der Waals surface area (Å²) in [7, 11) is 0. The maximum Gasteiger partial charge on any atom is 0.251 e. The van der Waals surface area contributed by atoms with Crippen LogP contribution in [-0.4, -0.2) is 25.0 Å². The van der Waals surface area contributed by atoms with Crippen LogP contribution in [-0.2, 0) is 0 Å². The first-order valence-electron chi connectivity index (χ1n) is 6.15. The predicted molar refractivity (Wildman–Crippen MR) is 71.5 cm³/mol. The van der Waals surface area contributed by atoms with Crippen molar-refractivity contribution in [1.29, 1.82) is 0 Å². The number of benzene rings is 1. The van der Waals surface area contributed by atoms with Crippen LogP contribution in [0.2, 0.25) is 0 Å². The van der Waals surface area contributed by atoms with E-state index in [1.165, 1.54) is 0 Å². The maximum absolute atomic E-state index is 13.1. The van der Waals surface area contributed by atoms with Crippen LogP contribution in [0.1, 0.15) is 23.7 Å². The number of amides is 1. The minimum absolute atomic E-state index is 0. The van der Waals surface area contributed by atoms with E-state index in [1.54, 1.807) is 0 Å². The Balaban J connectivity index is 0.00000200. The molecular weight excluding hydrogens is 293 g/mol. The van der Waals surface area contributed by atoms with Crippen molar-refractivity contribution >= 4 is 18.3 Å². The number of hydrogen-bond acceptors (Lipinski definition) is 2. The van der Waals surface area contributed by atoms with Crippen LogP contribution in [0.25, 0.3) is 0 Å². The summed E-state index contributed by atoms with van der Waals surface area (Å²) in [5.74, 6) is -4.64. The number of carbonyl (C=O) groups is 1. The molecule has 7 heteroatoms. The standard InChI is InChI=1S/C13H15F3N2O.ClH/c1-7-6-17-3-2-11(7)18-13(19)8-4-9(14)12(16)10(15)5-8;/h4-5,7,11,17H,2-3,6H2,1H3,(H,18,19);1H. The summed E-state index contributed by atoms with van der Waals surface area (Å²) in [6.07, 6.45) is 0.749. The third-order valence-corrected chi connectivity index (χ3v) is 3.35. The van der Waals surface area contributed by atoms with Crippen LogP contribution in [0.3, 0.4) is 0 Å². The summed E-state index contributed by atoms with van der Waals surface area (Å²) in [5.41, 5.74) is -0.206. The Morgan fingerprint density at radius 3 is 2.45 bits per heavy atom. The van der Waals surface area contributed by atoms with E-state index in [9.17, 15) is 18.0 Å². The van der Waals surface area contributed by atoms with E-state index in [4.69, 9.17) is 0 Å². The molecule has 1 aliphatic heterocycles. The Kier molecular flexibility index (Phi) is 5.83. The molecule has 2 N–H and O–H groups in total. The lowest BCUT2D eigenvalue weighted by molar-refractivity contribution is 0.0913. The number of rotatable bonds is 2. The van der Waals surface area contributed by atoms with Crippen LogP contribution in [0, 0.1) is 23.4 Å². The van der Waals surface area contributed by atoms with Crippen molar-refractivity contribution in [2.24, 2.45) is 5.92 Å². The van der Waals surface area contributed by atoms with E-state index < -0.39 is 23.4 Å². The van der Waals surface area contributed by atoms with Crippen molar-refractivity contribution in [3.8, 4) is 0 Å². The maximum atomic E-state index is 13.1. The smallest absolute Gasteiger partial charge is 0.251 e. The van der Waals surface area contributed by atoms with E-state index in [0.29, 0.717) is 12.1 Å². The summed E-state index contributed by atoms with van der Waals surface area (Å²) >= 11 is 0. The molecule has 1 aromatic rings. The number of carbonyl (C=O) groups excluding carboxylic acids is 1. The van der Waals surface area contributed by atoms with Gasteiger partial charge in [0.1, 0.15) is 0 Å². The molecule has 0 saturated carbocycles. The summed E-state index contributed by atoms with van der Waals surface area (Å²) in [5, 5.41) is 5.91. The normalized spacial score (nSPS) is 22.0. The highest BCUT2D eigenvalue weighted by Gasteiger charge is 2.24. The van der Waals surface area contributed by atoms with Gasteiger partial charge in [-0.05, 0) is 37.6 Å². The molecule has 1 aromatic carbocycles. The van der Waals surface area contributed by atoms with Gasteiger partial charge in [0.15, 0.2) is 17.5 Å². The molecule has 20 heavy (non-hydrogen) atoms. The van der Waals surface area contributed by atoms with Gasteiger partial charge in [-0.2, -0.15) is 0 Å². The molecule has 2 rings (SSSR count). The van der Waals surface area contributed by atoms with Gasteiger partial charge in [0, 0.05) is 11.6 Å². The molecule has 1 aliphatic rings. The van der Waals surface area contributed by atoms with Crippen molar-refractivity contribution in [2.75, 3.05) is 13.1 Å². The zero-order chi connectivity index (χ0) is 14.0. The van der Waals surface area contributed by atoms with Crippen LogP contribution < -0.4 is 10.6 Å². The summed E-state index contributed by atoms with van der Waals surface area (Å²) in [4.78, 5) is 11.9. The van der Waals surface area contributed by atoms with Gasteiger partial charge in [-0.3, -0.25) is 4.79 Å². The Hall–Kier alpha value is -1.27. The topological polar surface area (TPSA) is 41.1 Å². The molecular formula is C13H16ClF3N2O. The Morgan fingerprint density at radius 1 is 1.30 bits per heavy atom. The fourth-order valence-electron chi connectivity index (χ4n) is 2.17. The molecule has 2 unspecified atom stereocenters. The van der Waals surface area contributed by atoms with Gasteiger partial charge in [0.05, 0.1) is 0 Å². The fraction of sp³-hybridized carbons (Fsp3) is 0.462. The second-order valence-electron chi connectivity index (χ2n) is 4.80. The van der Waals surface area contributed by atoms with E-state index >= 15 is 0 Å². The first kappa shape index (κ1) is 16.8. The lowest BCUT2D eigenvalue weighted by Gasteiger charge is -2.30. The Bertz CT molecular complexity index is 475. The van der Waals surface area contributed by atoms with Gasteiger partial charge in [-0.1, -0.05) is 6.92 Å². The molecule has 0 spiro atoms. The average molecular weight is 309 g/mol. The van der Waals surface area contributed by atoms with Crippen molar-refractivity contribution in [3.05, 3.63) is 35.1 Å². The van der Waals surface area contributed by atoms with Crippen molar-refractivity contribution in [1.82, 2.24) is 10.6 Å². The van der Waals surface area contributed by atoms with Gasteiger partial charge in [0.2, 0.25) is 0 Å². The molecule has 0 aliphatic carbocycles. The summed E-state index contributed by atoms with van der Waals surface area (Å²) < 4.78 is 38.9. The lowest BCUT2D eigenvalue weighted by atomic mass is 9.95. The van der Waals surface area contributed by atoms with Crippen molar-refractivity contribution in [2.45, 2.75) is 19.4 Å². The average Bonchev–Trinajstić information content (AvgIpc) is 2.38. The lowest BCUT2D eigenvalue weighted by Crippen LogP contribution is -2.48. The van der Waals surface area contributed by atoms with Crippen LogP contribution in [0.5, 0.6) is 0 Å². The van der Waals surface area contributed by atoms with Crippen LogP contribution in [0.4, 0.5) is 13.2 Å². The van der Waals surface area contributed by atoms with Gasteiger partial charge in [-0.25, -0.2) is 13.2 Å². The molecule has 112 valence electrons. The molecule has 0 aromatic heterocycles. The van der Waals surface area contributed by atoms with Crippen molar-refractivity contribution < 1.29 is 18.0 Å². The number of nitrogens with one attached hydrogen (secondary N) is 2. The second kappa shape index (κ2) is 6.95. The minimum atomic E-state index is -1.56. The Morgan fingerprint density at radius 2 is 1.90 bits per heavy atom. The highest BCUT2D eigenvalue weighted by atomic mass is 35.5. The SMILES string of the molecule is CC1CNCCC1NC(=O)c1cc(F)c(F)c(F)c1.Cl. The molecule has 1 fully saturated rings. The van der Waals surface area contributed by atoms with Crippen LogP contribution >= 0.6 is 12.4 Å². The first-order valence-corrected chi connectivity index (χ1v) is 6.15. The Labute approximate surface area is 121 Å². The third-order valence-electron chi connectivity index (χ3n) is 3.35. The molecule has 1 saturated heterocycles. The van der Waals surface area contributed by atoms with Gasteiger partial charge in [0.25, 0.3) is 5.91 Å². The molecule has 2 atom stereocenters. The number of hydrogen-bond donors (Lipinski definition) is 2. The molecule has 0 radical (unpaired) electrons. The zero-order valence-electron chi connectivity index (χ0n) is 10.9. The van der Waals surface area contributed by atoms with Crippen LogP contribution in [0.15, 0.2) is 12.1 Å². The molecule has 1 heterocycles. The van der Waals surface area contributed by atoms with E-state index in [-0.39, 0.29) is 29.9 Å². The highest BCUT2D eigenvalue weighted by molar-refractivity contribution is 5.94. The summed E-state index contributed by atoms with van der Waals surface area (Å²) in [6.45, 7) is 3.53. The number of piperidine rings is 1. The first-order chi connectivity index (χ1) is 8.99. The summed E-state index contributed by atoms with van der Waals surface area (Å²) in [6, 6.07) is 1.36. The molecule has 3 nitrogen and oxygen atoms in total.